The maximum absolute atomic E-state index is 12.3. The lowest BCUT2D eigenvalue weighted by Crippen LogP contribution is -2.34. The van der Waals surface area contributed by atoms with Crippen LogP contribution in [0.5, 0.6) is 0 Å². The molecule has 2 N–H and O–H groups in total. The van der Waals surface area contributed by atoms with Gasteiger partial charge in [0.15, 0.2) is 5.11 Å². The Morgan fingerprint density at radius 2 is 1.52 bits per heavy atom. The Kier molecular flexibility index (Phi) is 7.59. The van der Waals surface area contributed by atoms with Crippen LogP contribution in [0, 0.1) is 0 Å². The molecule has 2 amide bonds. The third-order valence-electron chi connectivity index (χ3n) is 3.79. The number of nitrogens with one attached hydrogen (secondary N) is 2. The first kappa shape index (κ1) is 21.2. The highest BCUT2D eigenvalue weighted by Gasteiger charge is 2.13. The third-order valence-corrected chi connectivity index (χ3v) is 4.43. The summed E-state index contributed by atoms with van der Waals surface area (Å²) in [4.78, 5) is 26.3. The summed E-state index contributed by atoms with van der Waals surface area (Å²) in [6.45, 7) is 5.18. The molecule has 0 atom stereocenters. The zero-order valence-corrected chi connectivity index (χ0v) is 17.2. The van der Waals surface area contributed by atoms with Gasteiger partial charge in [-0.3, -0.25) is 14.9 Å². The third kappa shape index (κ3) is 5.92. The zero-order valence-electron chi connectivity index (χ0n) is 14.9. The lowest BCUT2D eigenvalue weighted by molar-refractivity contribution is 0.0772. The smallest absolute Gasteiger partial charge is 0.257 e. The molecule has 0 aliphatic carbocycles. The molecule has 0 aromatic heterocycles. The van der Waals surface area contributed by atoms with Gasteiger partial charge in [-0.25, -0.2) is 0 Å². The molecule has 2 aromatic rings. The fraction of sp³-hybridized carbons (Fsp3) is 0.211. The van der Waals surface area contributed by atoms with Crippen molar-refractivity contribution in [2.45, 2.75) is 13.8 Å². The molecule has 0 heterocycles. The topological polar surface area (TPSA) is 61.4 Å². The predicted molar refractivity (Wildman–Crippen MR) is 114 cm³/mol. The van der Waals surface area contributed by atoms with Gasteiger partial charge in [-0.05, 0) is 68.5 Å². The Labute approximate surface area is 173 Å². The van der Waals surface area contributed by atoms with Gasteiger partial charge in [0, 0.05) is 39.9 Å². The van der Waals surface area contributed by atoms with Gasteiger partial charge >= 0.3 is 0 Å². The van der Waals surface area contributed by atoms with Crippen LogP contribution in [-0.4, -0.2) is 34.9 Å². The van der Waals surface area contributed by atoms with Crippen LogP contribution in [0.25, 0.3) is 0 Å². The van der Waals surface area contributed by atoms with E-state index >= 15 is 0 Å². The summed E-state index contributed by atoms with van der Waals surface area (Å²) in [5.74, 6) is -0.453. The SMILES string of the molecule is CCN(CC)C(=O)c1ccc(NC(=S)NC(=O)c2cc(Cl)cc(Cl)c2)cc1. The van der Waals surface area contributed by atoms with E-state index in [0.717, 1.165) is 0 Å². The minimum atomic E-state index is -0.426. The zero-order chi connectivity index (χ0) is 20.0. The molecule has 2 aromatic carbocycles. The molecule has 0 saturated heterocycles. The average Bonchev–Trinajstić information content (AvgIpc) is 2.62. The van der Waals surface area contributed by atoms with Gasteiger partial charge in [-0.2, -0.15) is 0 Å². The van der Waals surface area contributed by atoms with E-state index in [9.17, 15) is 9.59 Å². The van der Waals surface area contributed by atoms with E-state index in [4.69, 9.17) is 35.4 Å². The first-order chi connectivity index (χ1) is 12.8. The second-order valence-electron chi connectivity index (χ2n) is 5.62. The van der Waals surface area contributed by atoms with Crippen molar-refractivity contribution >= 4 is 58.0 Å². The van der Waals surface area contributed by atoms with Crippen LogP contribution in [0.4, 0.5) is 5.69 Å². The van der Waals surface area contributed by atoms with Crippen molar-refractivity contribution in [3.8, 4) is 0 Å². The minimum Gasteiger partial charge on any atom is -0.339 e. The first-order valence-electron chi connectivity index (χ1n) is 8.31. The molecule has 2 rings (SSSR count). The highest BCUT2D eigenvalue weighted by molar-refractivity contribution is 7.80. The molecule has 0 bridgehead atoms. The Bertz CT molecular complexity index is 832. The highest BCUT2D eigenvalue weighted by Crippen LogP contribution is 2.19. The molecular formula is C19H19Cl2N3O2S. The van der Waals surface area contributed by atoms with E-state index in [2.05, 4.69) is 10.6 Å². The summed E-state index contributed by atoms with van der Waals surface area (Å²) in [5, 5.41) is 6.31. The molecular weight excluding hydrogens is 405 g/mol. The van der Waals surface area contributed by atoms with Gasteiger partial charge in [-0.1, -0.05) is 23.2 Å². The summed E-state index contributed by atoms with van der Waals surface area (Å²) < 4.78 is 0. The van der Waals surface area contributed by atoms with Crippen LogP contribution in [0.2, 0.25) is 10.0 Å². The van der Waals surface area contributed by atoms with Crippen molar-refractivity contribution in [3.63, 3.8) is 0 Å². The van der Waals surface area contributed by atoms with Crippen molar-refractivity contribution in [2.75, 3.05) is 18.4 Å². The fourth-order valence-corrected chi connectivity index (χ4v) is 3.15. The summed E-state index contributed by atoms with van der Waals surface area (Å²) in [6.07, 6.45) is 0. The van der Waals surface area contributed by atoms with E-state index in [1.807, 2.05) is 13.8 Å². The molecule has 5 nitrogen and oxygen atoms in total. The molecule has 0 saturated carbocycles. The van der Waals surface area contributed by atoms with Crippen molar-refractivity contribution in [3.05, 3.63) is 63.6 Å². The number of rotatable bonds is 5. The molecule has 0 aliphatic heterocycles. The van der Waals surface area contributed by atoms with E-state index < -0.39 is 5.91 Å². The molecule has 27 heavy (non-hydrogen) atoms. The van der Waals surface area contributed by atoms with Crippen LogP contribution >= 0.6 is 35.4 Å². The number of benzene rings is 2. The number of anilines is 1. The molecule has 0 spiro atoms. The second-order valence-corrected chi connectivity index (χ2v) is 6.90. The van der Waals surface area contributed by atoms with E-state index in [-0.39, 0.29) is 11.0 Å². The van der Waals surface area contributed by atoms with E-state index in [0.29, 0.717) is 39.9 Å². The molecule has 0 aliphatic rings. The highest BCUT2D eigenvalue weighted by atomic mass is 35.5. The largest absolute Gasteiger partial charge is 0.339 e. The molecule has 0 radical (unpaired) electrons. The van der Waals surface area contributed by atoms with Gasteiger partial charge in [-0.15, -0.1) is 0 Å². The standard InChI is InChI=1S/C19H19Cl2N3O2S/c1-3-24(4-2)18(26)12-5-7-16(8-6-12)22-19(27)23-17(25)13-9-14(20)11-15(21)10-13/h5-11H,3-4H2,1-2H3,(H2,22,23,25,27). The second kappa shape index (κ2) is 9.69. The quantitative estimate of drug-likeness (QED) is 0.689. The number of amides is 2. The maximum Gasteiger partial charge on any atom is 0.257 e. The Balaban J connectivity index is 1.99. The lowest BCUT2D eigenvalue weighted by atomic mass is 10.2. The monoisotopic (exact) mass is 423 g/mol. The van der Waals surface area contributed by atoms with Crippen LogP contribution in [0.15, 0.2) is 42.5 Å². The summed E-state index contributed by atoms with van der Waals surface area (Å²) >= 11 is 17.0. The van der Waals surface area contributed by atoms with Crippen molar-refractivity contribution in [1.82, 2.24) is 10.2 Å². The van der Waals surface area contributed by atoms with Crippen molar-refractivity contribution in [1.29, 1.82) is 0 Å². The van der Waals surface area contributed by atoms with E-state index in [1.54, 1.807) is 29.2 Å². The fourth-order valence-electron chi connectivity index (χ4n) is 2.41. The number of carbonyl (C=O) groups excluding carboxylic acids is 2. The van der Waals surface area contributed by atoms with Crippen LogP contribution in [0.3, 0.4) is 0 Å². The van der Waals surface area contributed by atoms with Gasteiger partial charge in [0.05, 0.1) is 0 Å². The van der Waals surface area contributed by atoms with Crippen LogP contribution < -0.4 is 10.6 Å². The van der Waals surface area contributed by atoms with Crippen molar-refractivity contribution < 1.29 is 9.59 Å². The Hall–Kier alpha value is -2.15. The van der Waals surface area contributed by atoms with Gasteiger partial charge in [0.2, 0.25) is 0 Å². The summed E-state index contributed by atoms with van der Waals surface area (Å²) in [7, 11) is 0. The molecule has 8 heteroatoms. The Morgan fingerprint density at radius 3 is 2.04 bits per heavy atom. The minimum absolute atomic E-state index is 0.0275. The van der Waals surface area contributed by atoms with Crippen LogP contribution in [-0.2, 0) is 0 Å². The summed E-state index contributed by atoms with van der Waals surface area (Å²) in [5.41, 5.74) is 1.55. The number of hydrogen-bond donors (Lipinski definition) is 2. The molecule has 0 fully saturated rings. The van der Waals surface area contributed by atoms with Gasteiger partial charge < -0.3 is 10.2 Å². The number of halogens is 2. The maximum atomic E-state index is 12.3. The van der Waals surface area contributed by atoms with Crippen LogP contribution in [0.1, 0.15) is 34.6 Å². The predicted octanol–water partition coefficient (Wildman–Crippen LogP) is 4.60. The molecule has 142 valence electrons. The first-order valence-corrected chi connectivity index (χ1v) is 9.48. The summed E-state index contributed by atoms with van der Waals surface area (Å²) in [6, 6.07) is 11.4. The van der Waals surface area contributed by atoms with Gasteiger partial charge in [0.25, 0.3) is 11.8 Å². The Morgan fingerprint density at radius 1 is 0.963 bits per heavy atom. The number of carbonyl (C=O) groups is 2. The van der Waals surface area contributed by atoms with E-state index in [1.165, 1.54) is 18.2 Å². The number of nitrogens with zero attached hydrogens (tertiary/aromatic N) is 1. The van der Waals surface area contributed by atoms with Crippen molar-refractivity contribution in [2.24, 2.45) is 0 Å². The van der Waals surface area contributed by atoms with Gasteiger partial charge in [0.1, 0.15) is 0 Å². The lowest BCUT2D eigenvalue weighted by Gasteiger charge is -2.18. The molecule has 0 unspecified atom stereocenters. The normalized spacial score (nSPS) is 10.2. The average molecular weight is 424 g/mol. The number of hydrogen-bond acceptors (Lipinski definition) is 3. The number of thiocarbonyl (C=S) groups is 1.